The van der Waals surface area contributed by atoms with Crippen molar-refractivity contribution in [2.75, 3.05) is 0 Å². The van der Waals surface area contributed by atoms with Gasteiger partial charge in [-0.05, 0) is 32.8 Å². The van der Waals surface area contributed by atoms with E-state index in [0.29, 0.717) is 0 Å². The summed E-state index contributed by atoms with van der Waals surface area (Å²) < 4.78 is 7.63. The second-order valence-corrected chi connectivity index (χ2v) is 5.05. The molecule has 1 aromatic carbocycles. The number of rotatable bonds is 2. The van der Waals surface area contributed by atoms with Crippen molar-refractivity contribution >= 4 is 16.9 Å². The first-order valence-corrected chi connectivity index (χ1v) is 6.49. The Morgan fingerprint density at radius 3 is 2.89 bits per heavy atom. The minimum absolute atomic E-state index is 0.0757. The molecule has 0 saturated carbocycles. The summed E-state index contributed by atoms with van der Waals surface area (Å²) in [5.74, 6) is -0.183. The minimum Gasteiger partial charge on any atom is -0.459 e. The van der Waals surface area contributed by atoms with Gasteiger partial charge in [0.25, 0.3) is 0 Å². The molecule has 18 heavy (non-hydrogen) atoms. The Hall–Kier alpha value is -1.77. The van der Waals surface area contributed by atoms with Crippen LogP contribution < -0.4 is 0 Å². The molecular weight excluding hydrogens is 226 g/mol. The Balaban J connectivity index is 2.19. The van der Waals surface area contributed by atoms with Crippen molar-refractivity contribution in [1.29, 1.82) is 0 Å². The number of esters is 1. The Bertz CT molecular complexity index is 610. The number of nitrogens with zero attached hydrogens (tertiary/aromatic N) is 1. The highest BCUT2D eigenvalue weighted by atomic mass is 16.5. The van der Waals surface area contributed by atoms with E-state index in [9.17, 15) is 4.79 Å². The van der Waals surface area contributed by atoms with E-state index in [-0.39, 0.29) is 12.1 Å². The van der Waals surface area contributed by atoms with Gasteiger partial charge in [-0.3, -0.25) is 0 Å². The van der Waals surface area contributed by atoms with Crippen molar-refractivity contribution in [2.45, 2.75) is 39.3 Å². The normalized spacial score (nSPS) is 14.2. The number of aromatic nitrogens is 1. The van der Waals surface area contributed by atoms with Crippen LogP contribution in [0, 0.1) is 0 Å². The molecule has 3 heteroatoms. The average Bonchev–Trinajstić information content (AvgIpc) is 2.86. The molecule has 3 nitrogen and oxygen atoms in total. The maximum atomic E-state index is 12.3. The van der Waals surface area contributed by atoms with E-state index in [4.69, 9.17) is 4.74 Å². The molecule has 0 radical (unpaired) electrons. The van der Waals surface area contributed by atoms with Crippen LogP contribution in [-0.4, -0.2) is 16.6 Å². The second kappa shape index (κ2) is 4.16. The zero-order valence-corrected chi connectivity index (χ0v) is 10.8. The van der Waals surface area contributed by atoms with Gasteiger partial charge in [-0.25, -0.2) is 4.79 Å². The third-order valence-corrected chi connectivity index (χ3v) is 3.42. The summed E-state index contributed by atoms with van der Waals surface area (Å²) in [5, 5.41) is 1.03. The molecule has 0 unspecified atom stereocenters. The predicted molar refractivity (Wildman–Crippen MR) is 70.8 cm³/mol. The smallest absolute Gasteiger partial charge is 0.340 e. The van der Waals surface area contributed by atoms with E-state index < -0.39 is 0 Å². The number of fused-ring (bicyclic) bond motifs is 3. The summed E-state index contributed by atoms with van der Waals surface area (Å²) in [6.07, 6.45) is 2.01. The van der Waals surface area contributed by atoms with E-state index >= 15 is 0 Å². The molecule has 0 bridgehead atoms. The van der Waals surface area contributed by atoms with Crippen LogP contribution in [0.25, 0.3) is 10.9 Å². The third kappa shape index (κ3) is 1.62. The number of aryl methyl sites for hydroxylation is 1. The summed E-state index contributed by atoms with van der Waals surface area (Å²) in [5.41, 5.74) is 3.07. The lowest BCUT2D eigenvalue weighted by molar-refractivity contribution is 0.0379. The summed E-state index contributed by atoms with van der Waals surface area (Å²) >= 11 is 0. The molecule has 0 fully saturated rings. The molecule has 1 aliphatic heterocycles. The fraction of sp³-hybridized carbons (Fsp3) is 0.400. The highest BCUT2D eigenvalue weighted by Gasteiger charge is 2.26. The van der Waals surface area contributed by atoms with E-state index in [1.807, 2.05) is 32.0 Å². The van der Waals surface area contributed by atoms with Gasteiger partial charge in [-0.1, -0.05) is 18.2 Å². The molecule has 0 aliphatic carbocycles. The van der Waals surface area contributed by atoms with Crippen LogP contribution in [0.5, 0.6) is 0 Å². The lowest BCUT2D eigenvalue weighted by Crippen LogP contribution is -2.12. The first kappa shape index (κ1) is 11.3. The summed E-state index contributed by atoms with van der Waals surface area (Å²) in [6.45, 7) is 4.78. The number of carbonyl (C=O) groups excluding carboxylic acids is 1. The monoisotopic (exact) mass is 243 g/mol. The van der Waals surface area contributed by atoms with Crippen molar-refractivity contribution in [3.8, 4) is 0 Å². The number of ether oxygens (including phenoxy) is 1. The number of carbonyl (C=O) groups is 1. The molecule has 0 saturated heterocycles. The maximum absolute atomic E-state index is 12.3. The summed E-state index contributed by atoms with van der Waals surface area (Å²) in [7, 11) is 0. The van der Waals surface area contributed by atoms with Crippen LogP contribution in [0.1, 0.15) is 36.3 Å². The van der Waals surface area contributed by atoms with Crippen molar-refractivity contribution in [1.82, 2.24) is 4.57 Å². The van der Waals surface area contributed by atoms with Gasteiger partial charge in [-0.2, -0.15) is 0 Å². The Morgan fingerprint density at radius 1 is 1.33 bits per heavy atom. The van der Waals surface area contributed by atoms with E-state index in [2.05, 4.69) is 10.6 Å². The van der Waals surface area contributed by atoms with Gasteiger partial charge >= 0.3 is 5.97 Å². The Morgan fingerprint density at radius 2 is 2.11 bits per heavy atom. The topological polar surface area (TPSA) is 31.2 Å². The van der Waals surface area contributed by atoms with Gasteiger partial charge in [0.15, 0.2) is 0 Å². The molecule has 2 aromatic rings. The molecule has 3 rings (SSSR count). The predicted octanol–water partition coefficient (Wildman–Crippen LogP) is 3.15. The van der Waals surface area contributed by atoms with Gasteiger partial charge in [0, 0.05) is 23.1 Å². The summed E-state index contributed by atoms with van der Waals surface area (Å²) in [6, 6.07) is 8.09. The summed E-state index contributed by atoms with van der Waals surface area (Å²) in [4.78, 5) is 12.3. The largest absolute Gasteiger partial charge is 0.459 e. The average molecular weight is 243 g/mol. The van der Waals surface area contributed by atoms with Crippen molar-refractivity contribution in [3.05, 3.63) is 35.5 Å². The fourth-order valence-corrected chi connectivity index (χ4v) is 2.78. The van der Waals surface area contributed by atoms with Gasteiger partial charge in [0.2, 0.25) is 0 Å². The van der Waals surface area contributed by atoms with Crippen molar-refractivity contribution in [2.24, 2.45) is 0 Å². The van der Waals surface area contributed by atoms with Crippen molar-refractivity contribution in [3.63, 3.8) is 0 Å². The first-order valence-electron chi connectivity index (χ1n) is 6.49. The van der Waals surface area contributed by atoms with Gasteiger partial charge in [0.1, 0.15) is 0 Å². The lowest BCUT2D eigenvalue weighted by Gasteiger charge is -2.08. The molecule has 1 aromatic heterocycles. The van der Waals surface area contributed by atoms with Gasteiger partial charge in [-0.15, -0.1) is 0 Å². The SMILES string of the molecule is CC(C)OC(=O)c1c2n(c3ccccc13)CCC2. The Kier molecular flexibility index (Phi) is 2.62. The molecule has 2 heterocycles. The highest BCUT2D eigenvalue weighted by molar-refractivity contribution is 6.06. The van der Waals surface area contributed by atoms with E-state index in [0.717, 1.165) is 41.5 Å². The van der Waals surface area contributed by atoms with Gasteiger partial charge < -0.3 is 9.30 Å². The Labute approximate surface area is 106 Å². The van der Waals surface area contributed by atoms with Crippen molar-refractivity contribution < 1.29 is 9.53 Å². The van der Waals surface area contributed by atoms with Crippen LogP contribution in [0.4, 0.5) is 0 Å². The molecular formula is C15H17NO2. The van der Waals surface area contributed by atoms with E-state index in [1.165, 1.54) is 0 Å². The van der Waals surface area contributed by atoms with Gasteiger partial charge in [0.05, 0.1) is 11.7 Å². The number of hydrogen-bond acceptors (Lipinski definition) is 2. The molecule has 1 aliphatic rings. The molecule has 0 amide bonds. The fourth-order valence-electron chi connectivity index (χ4n) is 2.78. The number of benzene rings is 1. The first-order chi connectivity index (χ1) is 8.68. The van der Waals surface area contributed by atoms with Crippen LogP contribution in [0.2, 0.25) is 0 Å². The van der Waals surface area contributed by atoms with Crippen LogP contribution in [-0.2, 0) is 17.7 Å². The molecule has 0 atom stereocenters. The standard InChI is InChI=1S/C15H17NO2/c1-10(2)18-15(17)14-11-6-3-4-7-12(11)16-9-5-8-13(14)16/h3-4,6-7,10H,5,8-9H2,1-2H3. The molecule has 94 valence electrons. The molecule has 0 spiro atoms. The third-order valence-electron chi connectivity index (χ3n) is 3.42. The zero-order chi connectivity index (χ0) is 12.7. The number of hydrogen-bond donors (Lipinski definition) is 0. The van der Waals surface area contributed by atoms with Crippen LogP contribution in [0.15, 0.2) is 24.3 Å². The molecule has 0 N–H and O–H groups in total. The van der Waals surface area contributed by atoms with Crippen LogP contribution in [0.3, 0.4) is 0 Å². The minimum atomic E-state index is -0.183. The zero-order valence-electron chi connectivity index (χ0n) is 10.8. The quantitative estimate of drug-likeness (QED) is 0.759. The lowest BCUT2D eigenvalue weighted by atomic mass is 10.1. The van der Waals surface area contributed by atoms with Crippen LogP contribution >= 0.6 is 0 Å². The van der Waals surface area contributed by atoms with E-state index in [1.54, 1.807) is 0 Å². The highest BCUT2D eigenvalue weighted by Crippen LogP contribution is 2.31. The maximum Gasteiger partial charge on any atom is 0.340 e. The second-order valence-electron chi connectivity index (χ2n) is 5.05. The number of para-hydroxylation sites is 1.